The highest BCUT2D eigenvalue weighted by Gasteiger charge is 2.22. The van der Waals surface area contributed by atoms with E-state index in [0.29, 0.717) is 11.8 Å². The molecule has 0 aliphatic carbocycles. The molecule has 1 aliphatic rings. The lowest BCUT2D eigenvalue weighted by molar-refractivity contribution is 0.357. The summed E-state index contributed by atoms with van der Waals surface area (Å²) in [5, 5.41) is 2.19. The smallest absolute Gasteiger partial charge is 0.362 e. The Morgan fingerprint density at radius 2 is 2.64 bits per heavy atom. The molecule has 4 nitrogen and oxygen atoms in total. The van der Waals surface area contributed by atoms with Crippen molar-refractivity contribution in [1.82, 2.24) is 10.1 Å². The number of aromatic nitrogens is 2. The van der Waals surface area contributed by atoms with Crippen molar-refractivity contribution in [2.24, 2.45) is 0 Å². The normalized spacial score (nSPS) is 24.2. The first-order chi connectivity index (χ1) is 5.36. The van der Waals surface area contributed by atoms with Gasteiger partial charge in [-0.15, -0.1) is 0 Å². The molecule has 1 fully saturated rings. The molecule has 2 rings (SSSR count). The molecular weight excluding hydrogens is 164 g/mol. The minimum absolute atomic E-state index is 0.346. The molecule has 0 saturated carbocycles. The summed E-state index contributed by atoms with van der Waals surface area (Å²) in [4.78, 5) is 14.3. The standard InChI is InChI=1S/C6H8N2O2S/c9-6-7-5(10-8-6)4-1-2-11-3-4/h4H,1-3H2,(H,8,9). The fraction of sp³-hybridized carbons (Fsp3) is 0.667. The van der Waals surface area contributed by atoms with Crippen LogP contribution in [0.4, 0.5) is 0 Å². The molecule has 1 atom stereocenters. The molecule has 1 unspecified atom stereocenters. The van der Waals surface area contributed by atoms with Gasteiger partial charge in [-0.25, -0.2) is 4.79 Å². The zero-order valence-corrected chi connectivity index (χ0v) is 6.69. The van der Waals surface area contributed by atoms with Gasteiger partial charge in [0.25, 0.3) is 0 Å². The molecule has 1 N–H and O–H groups in total. The number of hydrogen-bond donors (Lipinski definition) is 1. The lowest BCUT2D eigenvalue weighted by Gasteiger charge is -1.97. The van der Waals surface area contributed by atoms with E-state index < -0.39 is 0 Å². The Kier molecular flexibility index (Phi) is 1.73. The van der Waals surface area contributed by atoms with E-state index in [1.54, 1.807) is 0 Å². The van der Waals surface area contributed by atoms with Gasteiger partial charge in [-0.2, -0.15) is 21.9 Å². The van der Waals surface area contributed by atoms with E-state index in [-0.39, 0.29) is 5.69 Å². The van der Waals surface area contributed by atoms with Crippen molar-refractivity contribution >= 4 is 11.8 Å². The summed E-state index contributed by atoms with van der Waals surface area (Å²) in [6, 6.07) is 0. The fourth-order valence-corrected chi connectivity index (χ4v) is 2.36. The number of hydrogen-bond acceptors (Lipinski definition) is 4. The third kappa shape index (κ3) is 1.33. The lowest BCUT2D eigenvalue weighted by Crippen LogP contribution is -2.03. The fourth-order valence-electron chi connectivity index (χ4n) is 1.15. The van der Waals surface area contributed by atoms with Crippen LogP contribution in [0.25, 0.3) is 0 Å². The average Bonchev–Trinajstić information content (AvgIpc) is 2.55. The highest BCUT2D eigenvalue weighted by atomic mass is 32.2. The SMILES string of the molecule is O=c1nc(C2CCSC2)o[nH]1. The van der Waals surface area contributed by atoms with Crippen molar-refractivity contribution in [3.8, 4) is 0 Å². The number of rotatable bonds is 1. The zero-order valence-electron chi connectivity index (χ0n) is 5.87. The molecule has 2 heterocycles. The zero-order chi connectivity index (χ0) is 7.68. The predicted molar refractivity (Wildman–Crippen MR) is 41.8 cm³/mol. The first-order valence-electron chi connectivity index (χ1n) is 3.49. The average molecular weight is 172 g/mol. The van der Waals surface area contributed by atoms with Crippen molar-refractivity contribution in [3.63, 3.8) is 0 Å². The Hall–Kier alpha value is -0.710. The first kappa shape index (κ1) is 6.97. The van der Waals surface area contributed by atoms with E-state index in [4.69, 9.17) is 4.52 Å². The Morgan fingerprint density at radius 3 is 3.18 bits per heavy atom. The topological polar surface area (TPSA) is 58.9 Å². The molecule has 60 valence electrons. The molecule has 0 spiro atoms. The van der Waals surface area contributed by atoms with Crippen LogP contribution < -0.4 is 5.69 Å². The maximum absolute atomic E-state index is 10.6. The Balaban J connectivity index is 2.21. The molecule has 0 bridgehead atoms. The maximum Gasteiger partial charge on any atom is 0.377 e. The number of H-pyrrole nitrogens is 1. The summed E-state index contributed by atoms with van der Waals surface area (Å²) < 4.78 is 4.89. The minimum atomic E-state index is -0.378. The Labute approximate surface area is 67.4 Å². The first-order valence-corrected chi connectivity index (χ1v) is 4.65. The molecule has 0 amide bonds. The van der Waals surface area contributed by atoms with Crippen LogP contribution >= 0.6 is 11.8 Å². The van der Waals surface area contributed by atoms with E-state index in [1.807, 2.05) is 11.8 Å². The molecule has 1 aromatic rings. The van der Waals surface area contributed by atoms with Gasteiger partial charge in [0, 0.05) is 11.7 Å². The number of aromatic amines is 1. The van der Waals surface area contributed by atoms with Crippen molar-refractivity contribution in [3.05, 3.63) is 16.4 Å². The van der Waals surface area contributed by atoms with Gasteiger partial charge >= 0.3 is 5.69 Å². The van der Waals surface area contributed by atoms with Crippen molar-refractivity contribution in [1.29, 1.82) is 0 Å². The molecule has 1 aromatic heterocycles. The quantitative estimate of drug-likeness (QED) is 0.673. The lowest BCUT2D eigenvalue weighted by atomic mass is 10.1. The second kappa shape index (κ2) is 2.73. The number of nitrogens with one attached hydrogen (secondary N) is 1. The number of nitrogens with zero attached hydrogens (tertiary/aromatic N) is 1. The van der Waals surface area contributed by atoms with E-state index in [1.165, 1.54) is 0 Å². The van der Waals surface area contributed by atoms with Gasteiger partial charge in [0.05, 0.1) is 0 Å². The Bertz CT molecular complexity index is 287. The summed E-state index contributed by atoms with van der Waals surface area (Å²) in [7, 11) is 0. The minimum Gasteiger partial charge on any atom is -0.362 e. The Morgan fingerprint density at radius 1 is 1.73 bits per heavy atom. The van der Waals surface area contributed by atoms with Gasteiger partial charge in [-0.3, -0.25) is 0 Å². The van der Waals surface area contributed by atoms with Crippen LogP contribution in [0.2, 0.25) is 0 Å². The molecule has 5 heteroatoms. The second-order valence-corrected chi connectivity index (χ2v) is 3.67. The summed E-state index contributed by atoms with van der Waals surface area (Å²) >= 11 is 1.87. The van der Waals surface area contributed by atoms with Gasteiger partial charge in [0.2, 0.25) is 5.89 Å². The van der Waals surface area contributed by atoms with Crippen LogP contribution in [-0.4, -0.2) is 21.6 Å². The largest absolute Gasteiger partial charge is 0.377 e. The van der Waals surface area contributed by atoms with E-state index >= 15 is 0 Å². The van der Waals surface area contributed by atoms with Crippen LogP contribution in [-0.2, 0) is 0 Å². The molecular formula is C6H8N2O2S. The molecule has 0 radical (unpaired) electrons. The summed E-state index contributed by atoms with van der Waals surface area (Å²) in [5.74, 6) is 3.08. The van der Waals surface area contributed by atoms with Crippen molar-refractivity contribution in [2.75, 3.05) is 11.5 Å². The molecule has 0 aromatic carbocycles. The van der Waals surface area contributed by atoms with E-state index in [9.17, 15) is 4.79 Å². The van der Waals surface area contributed by atoms with Gasteiger partial charge in [0.15, 0.2) is 0 Å². The third-order valence-electron chi connectivity index (χ3n) is 1.73. The van der Waals surface area contributed by atoms with Crippen LogP contribution in [0.5, 0.6) is 0 Å². The third-order valence-corrected chi connectivity index (χ3v) is 2.90. The van der Waals surface area contributed by atoms with Crippen LogP contribution in [0.3, 0.4) is 0 Å². The highest BCUT2D eigenvalue weighted by Crippen LogP contribution is 2.30. The number of thioether (sulfide) groups is 1. The summed E-state index contributed by atoms with van der Waals surface area (Å²) in [6.45, 7) is 0. The van der Waals surface area contributed by atoms with E-state index in [0.717, 1.165) is 17.9 Å². The highest BCUT2D eigenvalue weighted by molar-refractivity contribution is 7.99. The van der Waals surface area contributed by atoms with Crippen molar-refractivity contribution < 1.29 is 4.52 Å². The maximum atomic E-state index is 10.6. The predicted octanol–water partition coefficient (Wildman–Crippen LogP) is 0.583. The molecule has 1 aliphatic heterocycles. The molecule has 11 heavy (non-hydrogen) atoms. The van der Waals surface area contributed by atoms with Gasteiger partial charge in [-0.1, -0.05) is 0 Å². The van der Waals surface area contributed by atoms with Crippen LogP contribution in [0, 0.1) is 0 Å². The van der Waals surface area contributed by atoms with Crippen LogP contribution in [0.1, 0.15) is 18.2 Å². The second-order valence-electron chi connectivity index (χ2n) is 2.52. The van der Waals surface area contributed by atoms with Gasteiger partial charge in [0.1, 0.15) is 0 Å². The summed E-state index contributed by atoms with van der Waals surface area (Å²) in [5.41, 5.74) is -0.378. The summed E-state index contributed by atoms with van der Waals surface area (Å²) in [6.07, 6.45) is 1.07. The molecule has 1 saturated heterocycles. The van der Waals surface area contributed by atoms with Crippen molar-refractivity contribution in [2.45, 2.75) is 12.3 Å². The van der Waals surface area contributed by atoms with E-state index in [2.05, 4.69) is 10.1 Å². The van der Waals surface area contributed by atoms with Gasteiger partial charge in [-0.05, 0) is 12.2 Å². The monoisotopic (exact) mass is 172 g/mol. The van der Waals surface area contributed by atoms with Crippen LogP contribution in [0.15, 0.2) is 9.32 Å². The van der Waals surface area contributed by atoms with Gasteiger partial charge < -0.3 is 4.52 Å².